The predicted molar refractivity (Wildman–Crippen MR) is 24.3 cm³/mol. The number of carbonyl (C=O) groups excluding carboxylic acids is 1. The Balaban J connectivity index is 2.48. The molecular weight excluding hydrogens is 92.1 g/mol. The monoisotopic (exact) mass is 101 g/mol. The third kappa shape index (κ3) is 0.718. The van der Waals surface area contributed by atoms with Gasteiger partial charge in [-0.3, -0.25) is 4.79 Å². The molecule has 3 heteroatoms. The molecule has 4 N–H and O–H groups in total. The largest absolute Gasteiger partial charge is 0.351 e. The van der Waals surface area contributed by atoms with E-state index in [-0.39, 0.29) is 11.9 Å². The zero-order valence-corrected chi connectivity index (χ0v) is 4.11. The second-order valence-electron chi connectivity index (χ2n) is 1.78. The fourth-order valence-electron chi connectivity index (χ4n) is 0.645. The first-order valence-electron chi connectivity index (χ1n) is 2.41. The van der Waals surface area contributed by atoms with Gasteiger partial charge in [0.1, 0.15) is 0 Å². The molecule has 40 valence electrons. The summed E-state index contributed by atoms with van der Waals surface area (Å²) >= 11 is 0. The Morgan fingerprint density at radius 1 is 1.86 bits per heavy atom. The molecule has 0 aromatic rings. The summed E-state index contributed by atoms with van der Waals surface area (Å²) in [4.78, 5) is 10.4. The summed E-state index contributed by atoms with van der Waals surface area (Å²) in [5.74, 6) is 0.0972. The molecule has 1 fully saturated rings. The fraction of sp³-hybridized carbons (Fsp3) is 0.750. The molecule has 1 rings (SSSR count). The molecule has 0 bridgehead atoms. The van der Waals surface area contributed by atoms with Crippen LogP contribution in [0.3, 0.4) is 0 Å². The predicted octanol–water partition coefficient (Wildman–Crippen LogP) is -1.88. The van der Waals surface area contributed by atoms with Crippen LogP contribution in [0.4, 0.5) is 0 Å². The van der Waals surface area contributed by atoms with Crippen LogP contribution in [0.5, 0.6) is 0 Å². The maximum absolute atomic E-state index is 10.4. The summed E-state index contributed by atoms with van der Waals surface area (Å²) in [6.45, 7) is 0.812. The highest BCUT2D eigenvalue weighted by molar-refractivity contribution is 5.81. The molecule has 1 unspecified atom stereocenters. The average Bonchev–Trinajstić information content (AvgIpc) is 1.91. The number of rotatable bonds is 0. The number of hydrogen-bond acceptors (Lipinski definition) is 1. The van der Waals surface area contributed by atoms with Crippen molar-refractivity contribution in [1.29, 1.82) is 0 Å². The van der Waals surface area contributed by atoms with Crippen molar-refractivity contribution >= 4 is 5.91 Å². The van der Waals surface area contributed by atoms with Crippen molar-refractivity contribution in [3.8, 4) is 0 Å². The lowest BCUT2D eigenvalue weighted by Crippen LogP contribution is -2.63. The highest BCUT2D eigenvalue weighted by Crippen LogP contribution is 1.90. The molecule has 0 aromatic carbocycles. The van der Waals surface area contributed by atoms with Crippen LogP contribution in [0.15, 0.2) is 0 Å². The highest BCUT2D eigenvalue weighted by atomic mass is 16.2. The molecule has 7 heavy (non-hydrogen) atoms. The van der Waals surface area contributed by atoms with Gasteiger partial charge in [0.2, 0.25) is 0 Å². The van der Waals surface area contributed by atoms with Crippen LogP contribution in [0, 0.1) is 0 Å². The van der Waals surface area contributed by atoms with E-state index >= 15 is 0 Å². The lowest BCUT2D eigenvalue weighted by atomic mass is 10.3. The molecule has 0 saturated carbocycles. The Morgan fingerprint density at radius 2 is 2.57 bits per heavy atom. The number of quaternary nitrogens is 1. The molecular formula is C4H9N2O+. The fourth-order valence-corrected chi connectivity index (χ4v) is 0.645. The van der Waals surface area contributed by atoms with Gasteiger partial charge >= 0.3 is 0 Å². The minimum Gasteiger partial charge on any atom is -0.351 e. The normalized spacial score (nSPS) is 30.4. The maximum Gasteiger partial charge on any atom is 0.278 e. The van der Waals surface area contributed by atoms with E-state index in [2.05, 4.69) is 11.1 Å². The molecule has 0 radical (unpaired) electrons. The van der Waals surface area contributed by atoms with E-state index in [0.717, 1.165) is 13.0 Å². The van der Waals surface area contributed by atoms with Crippen molar-refractivity contribution in [3.05, 3.63) is 0 Å². The number of amides is 1. The van der Waals surface area contributed by atoms with Gasteiger partial charge in [-0.1, -0.05) is 0 Å². The first-order chi connectivity index (χ1) is 3.30. The van der Waals surface area contributed by atoms with E-state index in [1.807, 2.05) is 0 Å². The Bertz CT molecular complexity index is 91.7. The van der Waals surface area contributed by atoms with Crippen LogP contribution < -0.4 is 11.1 Å². The Hall–Kier alpha value is -0.570. The van der Waals surface area contributed by atoms with Crippen LogP contribution in [-0.4, -0.2) is 18.5 Å². The minimum absolute atomic E-state index is 0.0139. The first kappa shape index (κ1) is 4.59. The van der Waals surface area contributed by atoms with Gasteiger partial charge in [-0.2, -0.15) is 0 Å². The second-order valence-corrected chi connectivity index (χ2v) is 1.78. The number of carbonyl (C=O) groups is 1. The minimum atomic E-state index is 0.0139. The number of hydrogen-bond donors (Lipinski definition) is 2. The van der Waals surface area contributed by atoms with Crippen molar-refractivity contribution in [3.63, 3.8) is 0 Å². The van der Waals surface area contributed by atoms with Crippen LogP contribution in [0.2, 0.25) is 0 Å². The lowest BCUT2D eigenvalue weighted by molar-refractivity contribution is -0.400. The van der Waals surface area contributed by atoms with E-state index in [9.17, 15) is 4.79 Å². The van der Waals surface area contributed by atoms with Gasteiger partial charge in [-0.05, 0) is 0 Å². The SMILES string of the molecule is [NH3+]C1CCNC1=O. The maximum atomic E-state index is 10.4. The van der Waals surface area contributed by atoms with Crippen molar-refractivity contribution < 1.29 is 10.5 Å². The third-order valence-corrected chi connectivity index (χ3v) is 1.16. The molecule has 1 aliphatic rings. The van der Waals surface area contributed by atoms with E-state index in [1.165, 1.54) is 0 Å². The highest BCUT2D eigenvalue weighted by Gasteiger charge is 2.22. The Labute approximate surface area is 41.9 Å². The van der Waals surface area contributed by atoms with Crippen LogP contribution >= 0.6 is 0 Å². The molecule has 1 atom stereocenters. The Kier molecular flexibility index (Phi) is 0.982. The van der Waals surface area contributed by atoms with Crippen molar-refractivity contribution in [1.82, 2.24) is 5.32 Å². The van der Waals surface area contributed by atoms with E-state index in [1.54, 1.807) is 0 Å². The molecule has 0 aromatic heterocycles. The third-order valence-electron chi connectivity index (χ3n) is 1.16. The summed E-state index contributed by atoms with van der Waals surface area (Å²) in [5, 5.41) is 2.67. The average molecular weight is 101 g/mol. The van der Waals surface area contributed by atoms with E-state index in [4.69, 9.17) is 0 Å². The van der Waals surface area contributed by atoms with E-state index in [0.29, 0.717) is 0 Å². The van der Waals surface area contributed by atoms with E-state index < -0.39 is 0 Å². The zero-order valence-electron chi connectivity index (χ0n) is 4.11. The topological polar surface area (TPSA) is 56.7 Å². The molecule has 1 saturated heterocycles. The lowest BCUT2D eigenvalue weighted by Gasteiger charge is -1.87. The van der Waals surface area contributed by atoms with Crippen LogP contribution in [0.1, 0.15) is 6.42 Å². The zero-order chi connectivity index (χ0) is 5.28. The Morgan fingerprint density at radius 3 is 2.71 bits per heavy atom. The summed E-state index contributed by atoms with van der Waals surface area (Å²) in [6, 6.07) is 0.0139. The molecule has 3 nitrogen and oxygen atoms in total. The first-order valence-corrected chi connectivity index (χ1v) is 2.41. The number of nitrogens with one attached hydrogen (secondary N) is 1. The van der Waals surface area contributed by atoms with Crippen molar-refractivity contribution in [2.24, 2.45) is 0 Å². The standard InChI is InChI=1S/C4H8N2O/c5-3-1-2-6-4(3)7/h3H,1-2,5H2,(H,6,7)/p+1. The van der Waals surface area contributed by atoms with Crippen molar-refractivity contribution in [2.45, 2.75) is 12.5 Å². The molecule has 1 heterocycles. The van der Waals surface area contributed by atoms with Gasteiger partial charge in [0, 0.05) is 13.0 Å². The molecule has 0 aliphatic carbocycles. The van der Waals surface area contributed by atoms with Gasteiger partial charge in [-0.25, -0.2) is 0 Å². The van der Waals surface area contributed by atoms with Crippen LogP contribution in [0.25, 0.3) is 0 Å². The summed E-state index contributed by atoms with van der Waals surface area (Å²) in [7, 11) is 0. The molecule has 1 amide bonds. The van der Waals surface area contributed by atoms with Gasteiger partial charge in [0.25, 0.3) is 5.91 Å². The summed E-state index contributed by atoms with van der Waals surface area (Å²) < 4.78 is 0. The quantitative estimate of drug-likeness (QED) is 0.368. The molecule has 0 spiro atoms. The van der Waals surface area contributed by atoms with Gasteiger partial charge in [0.05, 0.1) is 0 Å². The van der Waals surface area contributed by atoms with Gasteiger partial charge in [-0.15, -0.1) is 0 Å². The smallest absolute Gasteiger partial charge is 0.278 e. The van der Waals surface area contributed by atoms with Crippen LogP contribution in [-0.2, 0) is 4.79 Å². The summed E-state index contributed by atoms with van der Waals surface area (Å²) in [6.07, 6.45) is 0.902. The van der Waals surface area contributed by atoms with Gasteiger partial charge < -0.3 is 11.1 Å². The van der Waals surface area contributed by atoms with Crippen molar-refractivity contribution in [2.75, 3.05) is 6.54 Å². The van der Waals surface area contributed by atoms with Gasteiger partial charge in [0.15, 0.2) is 6.04 Å². The molecule has 1 aliphatic heterocycles. The summed E-state index contributed by atoms with van der Waals surface area (Å²) in [5.41, 5.74) is 3.61. The second kappa shape index (κ2) is 1.50.